The van der Waals surface area contributed by atoms with E-state index in [1.165, 1.54) is 16.7 Å². The Morgan fingerprint density at radius 3 is 2.36 bits per heavy atom. The van der Waals surface area contributed by atoms with E-state index in [-0.39, 0.29) is 5.91 Å². The van der Waals surface area contributed by atoms with Crippen molar-refractivity contribution in [1.82, 2.24) is 14.8 Å². The van der Waals surface area contributed by atoms with Crippen molar-refractivity contribution in [3.05, 3.63) is 59.4 Å². The molecule has 0 spiro atoms. The number of rotatable bonds is 5. The minimum atomic E-state index is 0.0557. The Morgan fingerprint density at radius 1 is 1.00 bits per heavy atom. The first-order valence-corrected chi connectivity index (χ1v) is 8.80. The third-order valence-electron chi connectivity index (χ3n) is 4.51. The van der Waals surface area contributed by atoms with Crippen LogP contribution in [0.15, 0.2) is 42.7 Å². The number of nitrogens with one attached hydrogen (secondary N) is 1. The van der Waals surface area contributed by atoms with E-state index in [0.717, 1.165) is 38.4 Å². The van der Waals surface area contributed by atoms with E-state index in [0.29, 0.717) is 6.54 Å². The molecule has 0 radical (unpaired) electrons. The number of carbonyl (C=O) groups is 1. The topological polar surface area (TPSA) is 48.5 Å². The van der Waals surface area contributed by atoms with Gasteiger partial charge in [0, 0.05) is 50.8 Å². The summed E-state index contributed by atoms with van der Waals surface area (Å²) in [4.78, 5) is 21.1. The highest BCUT2D eigenvalue weighted by molar-refractivity contribution is 5.92. The molecule has 1 aromatic carbocycles. The van der Waals surface area contributed by atoms with Crippen LogP contribution >= 0.6 is 0 Å². The highest BCUT2D eigenvalue weighted by atomic mass is 16.2. The van der Waals surface area contributed by atoms with Gasteiger partial charge in [0.15, 0.2) is 0 Å². The van der Waals surface area contributed by atoms with Gasteiger partial charge in [-0.15, -0.1) is 0 Å². The molecule has 1 aliphatic rings. The average molecular weight is 338 g/mol. The van der Waals surface area contributed by atoms with Gasteiger partial charge in [0.25, 0.3) is 0 Å². The van der Waals surface area contributed by atoms with E-state index in [9.17, 15) is 4.79 Å². The fraction of sp³-hybridized carbons (Fsp3) is 0.400. The Balaban J connectivity index is 1.42. The third kappa shape index (κ3) is 5.37. The van der Waals surface area contributed by atoms with Crippen LogP contribution in [0.2, 0.25) is 0 Å². The molecule has 0 bridgehead atoms. The van der Waals surface area contributed by atoms with Gasteiger partial charge >= 0.3 is 0 Å². The summed E-state index contributed by atoms with van der Waals surface area (Å²) in [5, 5.41) is 2.97. The normalized spacial score (nSPS) is 15.9. The number of piperazine rings is 1. The van der Waals surface area contributed by atoms with Crippen LogP contribution in [0.5, 0.6) is 0 Å². The van der Waals surface area contributed by atoms with Gasteiger partial charge in [-0.1, -0.05) is 23.8 Å². The van der Waals surface area contributed by atoms with Crippen LogP contribution in [-0.4, -0.2) is 53.4 Å². The second kappa shape index (κ2) is 8.23. The molecule has 1 aliphatic heterocycles. The molecular formula is C20H26N4O. The van der Waals surface area contributed by atoms with Crippen molar-refractivity contribution in [1.29, 1.82) is 0 Å². The molecule has 25 heavy (non-hydrogen) atoms. The van der Waals surface area contributed by atoms with E-state index in [1.54, 1.807) is 0 Å². The SMILES string of the molecule is Cc1ccc(NC(=O)CN2CCN(Cc3cncc(C)c3)CC2)cc1. The fourth-order valence-corrected chi connectivity index (χ4v) is 3.11. The Kier molecular flexibility index (Phi) is 5.79. The maximum absolute atomic E-state index is 12.2. The molecule has 3 rings (SSSR count). The molecule has 132 valence electrons. The monoisotopic (exact) mass is 338 g/mol. The first-order chi connectivity index (χ1) is 12.1. The predicted octanol–water partition coefficient (Wildman–Crippen LogP) is 2.45. The highest BCUT2D eigenvalue weighted by Crippen LogP contribution is 2.11. The summed E-state index contributed by atoms with van der Waals surface area (Å²) in [5.74, 6) is 0.0557. The largest absolute Gasteiger partial charge is 0.325 e. The lowest BCUT2D eigenvalue weighted by molar-refractivity contribution is -0.117. The number of amides is 1. The summed E-state index contributed by atoms with van der Waals surface area (Å²) in [6.45, 7) is 9.28. The summed E-state index contributed by atoms with van der Waals surface area (Å²) < 4.78 is 0. The van der Waals surface area contributed by atoms with Gasteiger partial charge in [-0.25, -0.2) is 0 Å². The molecule has 2 heterocycles. The van der Waals surface area contributed by atoms with Crippen LogP contribution in [0, 0.1) is 13.8 Å². The van der Waals surface area contributed by atoms with Gasteiger partial charge in [-0.05, 0) is 37.1 Å². The minimum absolute atomic E-state index is 0.0557. The second-order valence-electron chi connectivity index (χ2n) is 6.84. The predicted molar refractivity (Wildman–Crippen MR) is 100 cm³/mol. The lowest BCUT2D eigenvalue weighted by atomic mass is 10.2. The fourth-order valence-electron chi connectivity index (χ4n) is 3.11. The van der Waals surface area contributed by atoms with Crippen LogP contribution in [0.4, 0.5) is 5.69 Å². The summed E-state index contributed by atoms with van der Waals surface area (Å²) in [6.07, 6.45) is 3.82. The molecule has 5 heteroatoms. The molecule has 0 saturated carbocycles. The molecule has 1 N–H and O–H groups in total. The van der Waals surface area contributed by atoms with Crippen molar-refractivity contribution in [3.8, 4) is 0 Å². The molecular weight excluding hydrogens is 312 g/mol. The summed E-state index contributed by atoms with van der Waals surface area (Å²) in [7, 11) is 0. The van der Waals surface area contributed by atoms with E-state index in [2.05, 4.69) is 33.1 Å². The first-order valence-electron chi connectivity index (χ1n) is 8.80. The highest BCUT2D eigenvalue weighted by Gasteiger charge is 2.19. The first kappa shape index (κ1) is 17.6. The summed E-state index contributed by atoms with van der Waals surface area (Å²) in [6, 6.07) is 10.1. The Labute approximate surface area is 149 Å². The zero-order chi connectivity index (χ0) is 17.6. The quantitative estimate of drug-likeness (QED) is 0.910. The van der Waals surface area contributed by atoms with Gasteiger partial charge in [-0.3, -0.25) is 19.6 Å². The number of anilines is 1. The van der Waals surface area contributed by atoms with Crippen LogP contribution in [-0.2, 0) is 11.3 Å². The smallest absolute Gasteiger partial charge is 0.238 e. The van der Waals surface area contributed by atoms with Gasteiger partial charge in [0.05, 0.1) is 6.54 Å². The second-order valence-corrected chi connectivity index (χ2v) is 6.84. The standard InChI is InChI=1S/C20H26N4O/c1-16-3-5-19(6-4-16)22-20(25)15-24-9-7-23(8-10-24)14-18-11-17(2)12-21-13-18/h3-6,11-13H,7-10,14-15H2,1-2H3,(H,22,25). The molecule has 1 fully saturated rings. The molecule has 5 nitrogen and oxygen atoms in total. The van der Waals surface area contributed by atoms with Crippen molar-refractivity contribution in [2.24, 2.45) is 0 Å². The lowest BCUT2D eigenvalue weighted by Crippen LogP contribution is -2.48. The number of hydrogen-bond donors (Lipinski definition) is 1. The zero-order valence-electron chi connectivity index (χ0n) is 15.0. The zero-order valence-corrected chi connectivity index (χ0v) is 15.0. The van der Waals surface area contributed by atoms with Gasteiger partial charge in [0.2, 0.25) is 5.91 Å². The maximum Gasteiger partial charge on any atom is 0.238 e. The Morgan fingerprint density at radius 2 is 1.68 bits per heavy atom. The van der Waals surface area contributed by atoms with E-state index in [4.69, 9.17) is 0 Å². The number of aromatic nitrogens is 1. The molecule has 0 atom stereocenters. The van der Waals surface area contributed by atoms with Crippen molar-refractivity contribution in [2.75, 3.05) is 38.0 Å². The molecule has 2 aromatic rings. The maximum atomic E-state index is 12.2. The van der Waals surface area contributed by atoms with Gasteiger partial charge in [-0.2, -0.15) is 0 Å². The number of pyridine rings is 1. The van der Waals surface area contributed by atoms with Crippen molar-refractivity contribution < 1.29 is 4.79 Å². The van der Waals surface area contributed by atoms with E-state index < -0.39 is 0 Å². The average Bonchev–Trinajstić information content (AvgIpc) is 2.59. The minimum Gasteiger partial charge on any atom is -0.325 e. The van der Waals surface area contributed by atoms with Crippen LogP contribution in [0.1, 0.15) is 16.7 Å². The van der Waals surface area contributed by atoms with Crippen molar-refractivity contribution >= 4 is 11.6 Å². The molecule has 0 unspecified atom stereocenters. The van der Waals surface area contributed by atoms with Crippen LogP contribution in [0.3, 0.4) is 0 Å². The lowest BCUT2D eigenvalue weighted by Gasteiger charge is -2.34. The number of benzene rings is 1. The van der Waals surface area contributed by atoms with Gasteiger partial charge < -0.3 is 5.32 Å². The third-order valence-corrected chi connectivity index (χ3v) is 4.51. The van der Waals surface area contributed by atoms with Crippen LogP contribution in [0.25, 0.3) is 0 Å². The number of aryl methyl sites for hydroxylation is 2. The molecule has 1 amide bonds. The molecule has 0 aliphatic carbocycles. The van der Waals surface area contributed by atoms with Crippen molar-refractivity contribution in [2.45, 2.75) is 20.4 Å². The number of hydrogen-bond acceptors (Lipinski definition) is 4. The molecule has 1 aromatic heterocycles. The van der Waals surface area contributed by atoms with Gasteiger partial charge in [0.1, 0.15) is 0 Å². The number of carbonyl (C=O) groups excluding carboxylic acids is 1. The molecule has 1 saturated heterocycles. The van der Waals surface area contributed by atoms with E-state index >= 15 is 0 Å². The summed E-state index contributed by atoms with van der Waals surface area (Å²) in [5.41, 5.74) is 4.51. The van der Waals surface area contributed by atoms with Crippen LogP contribution < -0.4 is 5.32 Å². The Hall–Kier alpha value is -2.24. The van der Waals surface area contributed by atoms with Crippen molar-refractivity contribution in [3.63, 3.8) is 0 Å². The Bertz CT molecular complexity index is 706. The number of nitrogens with zero attached hydrogens (tertiary/aromatic N) is 3. The van der Waals surface area contributed by atoms with E-state index in [1.807, 2.05) is 43.6 Å². The summed E-state index contributed by atoms with van der Waals surface area (Å²) >= 11 is 0.